The Bertz CT molecular complexity index is 602. The van der Waals surface area contributed by atoms with Crippen LogP contribution in [-0.4, -0.2) is 27.5 Å². The number of likely N-dealkylation sites (N-methyl/N-ethyl adjacent to an activating group) is 1. The van der Waals surface area contributed by atoms with Gasteiger partial charge in [-0.15, -0.1) is 0 Å². The minimum atomic E-state index is -0.758. The van der Waals surface area contributed by atoms with Crippen LogP contribution in [0.25, 0.3) is 11.0 Å². The number of nitrogens with zero attached hydrogens (tertiary/aromatic N) is 3. The standard InChI is InChI=1S/C12H17N5O/c1-7-15-9-6-8(4-5-10(9)16(7)2)11(13)12(18)17(3)14/h4-6,11H,13-14H2,1-3H3. The minimum absolute atomic E-state index is 0.331. The smallest absolute Gasteiger partial charge is 0.257 e. The molecule has 0 saturated heterocycles. The van der Waals surface area contributed by atoms with E-state index in [1.54, 1.807) is 0 Å². The highest BCUT2D eigenvalue weighted by Crippen LogP contribution is 2.20. The van der Waals surface area contributed by atoms with E-state index in [4.69, 9.17) is 11.6 Å². The first kappa shape index (κ1) is 12.5. The number of imidazole rings is 1. The molecule has 0 bridgehead atoms. The van der Waals surface area contributed by atoms with Crippen molar-refractivity contribution in [3.8, 4) is 0 Å². The third-order valence-electron chi connectivity index (χ3n) is 3.10. The van der Waals surface area contributed by atoms with E-state index in [0.29, 0.717) is 5.56 Å². The molecule has 6 heteroatoms. The van der Waals surface area contributed by atoms with Gasteiger partial charge in [-0.05, 0) is 24.6 Å². The van der Waals surface area contributed by atoms with E-state index in [9.17, 15) is 4.79 Å². The maximum Gasteiger partial charge on any atom is 0.257 e. The molecule has 0 aliphatic carbocycles. The summed E-state index contributed by atoms with van der Waals surface area (Å²) in [5.41, 5.74) is 8.42. The predicted octanol–water partition coefficient (Wildman–Crippen LogP) is 0.214. The van der Waals surface area contributed by atoms with Crippen LogP contribution in [0.1, 0.15) is 17.4 Å². The highest BCUT2D eigenvalue weighted by atomic mass is 16.2. The number of hydrogen-bond acceptors (Lipinski definition) is 4. The molecule has 1 amide bonds. The van der Waals surface area contributed by atoms with E-state index in [2.05, 4.69) is 4.98 Å². The lowest BCUT2D eigenvalue weighted by Gasteiger charge is -2.16. The van der Waals surface area contributed by atoms with Crippen molar-refractivity contribution in [2.75, 3.05) is 7.05 Å². The van der Waals surface area contributed by atoms with Gasteiger partial charge in [-0.2, -0.15) is 0 Å². The van der Waals surface area contributed by atoms with Crippen LogP contribution in [0, 0.1) is 6.92 Å². The molecule has 4 N–H and O–H groups in total. The first-order valence-corrected chi connectivity index (χ1v) is 5.62. The summed E-state index contributed by atoms with van der Waals surface area (Å²) in [5, 5.41) is 0.999. The SMILES string of the molecule is Cc1nc2cc(C(N)C(=O)N(C)N)ccc2n1C. The lowest BCUT2D eigenvalue weighted by Crippen LogP contribution is -2.40. The van der Waals surface area contributed by atoms with Gasteiger partial charge in [0, 0.05) is 14.1 Å². The molecule has 1 atom stereocenters. The average molecular weight is 247 g/mol. The van der Waals surface area contributed by atoms with Gasteiger partial charge in [-0.3, -0.25) is 9.80 Å². The number of nitrogens with two attached hydrogens (primary N) is 2. The van der Waals surface area contributed by atoms with E-state index in [1.807, 2.05) is 36.7 Å². The second-order valence-electron chi connectivity index (χ2n) is 4.39. The molecule has 6 nitrogen and oxygen atoms in total. The van der Waals surface area contributed by atoms with E-state index in [0.717, 1.165) is 21.9 Å². The molecule has 1 aromatic carbocycles. The Kier molecular flexibility index (Phi) is 3.06. The normalized spacial score (nSPS) is 12.7. The molecule has 96 valence electrons. The van der Waals surface area contributed by atoms with Crippen LogP contribution >= 0.6 is 0 Å². The molecule has 0 aliphatic rings. The van der Waals surface area contributed by atoms with Crippen molar-refractivity contribution >= 4 is 16.9 Å². The molecule has 0 saturated carbocycles. The van der Waals surface area contributed by atoms with Crippen molar-refractivity contribution in [3.05, 3.63) is 29.6 Å². The summed E-state index contributed by atoms with van der Waals surface area (Å²) in [6, 6.07) is 4.81. The maximum atomic E-state index is 11.7. The van der Waals surface area contributed by atoms with Gasteiger partial charge in [0.15, 0.2) is 0 Å². The molecule has 0 spiro atoms. The van der Waals surface area contributed by atoms with Crippen LogP contribution in [-0.2, 0) is 11.8 Å². The van der Waals surface area contributed by atoms with Gasteiger partial charge >= 0.3 is 0 Å². The van der Waals surface area contributed by atoms with Crippen molar-refractivity contribution in [3.63, 3.8) is 0 Å². The maximum absolute atomic E-state index is 11.7. The number of aromatic nitrogens is 2. The Morgan fingerprint density at radius 2 is 2.17 bits per heavy atom. The van der Waals surface area contributed by atoms with Crippen LogP contribution in [0.3, 0.4) is 0 Å². The van der Waals surface area contributed by atoms with Crippen molar-refractivity contribution in [1.82, 2.24) is 14.6 Å². The van der Waals surface area contributed by atoms with Gasteiger partial charge in [-0.1, -0.05) is 6.07 Å². The molecular weight excluding hydrogens is 230 g/mol. The molecule has 0 fully saturated rings. The largest absolute Gasteiger partial charge is 0.331 e. The monoisotopic (exact) mass is 247 g/mol. The zero-order chi connectivity index (χ0) is 13.4. The van der Waals surface area contributed by atoms with E-state index >= 15 is 0 Å². The van der Waals surface area contributed by atoms with Crippen molar-refractivity contribution in [2.45, 2.75) is 13.0 Å². The average Bonchev–Trinajstić information content (AvgIpc) is 2.62. The van der Waals surface area contributed by atoms with Crippen LogP contribution < -0.4 is 11.6 Å². The zero-order valence-corrected chi connectivity index (χ0v) is 10.7. The summed E-state index contributed by atoms with van der Waals surface area (Å²) < 4.78 is 1.99. The van der Waals surface area contributed by atoms with E-state index in [-0.39, 0.29) is 5.91 Å². The molecule has 1 aromatic heterocycles. The first-order chi connectivity index (χ1) is 8.41. The number of amides is 1. The Morgan fingerprint density at radius 1 is 1.50 bits per heavy atom. The first-order valence-electron chi connectivity index (χ1n) is 5.62. The van der Waals surface area contributed by atoms with Crippen LogP contribution in [0.2, 0.25) is 0 Å². The number of rotatable bonds is 2. The minimum Gasteiger partial charge on any atom is -0.331 e. The van der Waals surface area contributed by atoms with Crippen LogP contribution in [0.15, 0.2) is 18.2 Å². The Morgan fingerprint density at radius 3 is 2.78 bits per heavy atom. The molecule has 18 heavy (non-hydrogen) atoms. The highest BCUT2D eigenvalue weighted by molar-refractivity contribution is 5.84. The summed E-state index contributed by atoms with van der Waals surface area (Å²) in [4.78, 5) is 16.1. The van der Waals surface area contributed by atoms with Gasteiger partial charge in [0.1, 0.15) is 11.9 Å². The molecule has 2 rings (SSSR count). The molecular formula is C12H17N5O. The summed E-state index contributed by atoms with van der Waals surface area (Å²) in [6.07, 6.45) is 0. The number of hydrogen-bond donors (Lipinski definition) is 2. The Hall–Kier alpha value is -1.92. The lowest BCUT2D eigenvalue weighted by atomic mass is 10.1. The Labute approximate surface area is 105 Å². The summed E-state index contributed by atoms with van der Waals surface area (Å²) >= 11 is 0. The van der Waals surface area contributed by atoms with Gasteiger partial charge in [0.05, 0.1) is 11.0 Å². The Balaban J connectivity index is 2.44. The topological polar surface area (TPSA) is 90.2 Å². The quantitative estimate of drug-likeness (QED) is 0.451. The number of carbonyl (C=O) groups excluding carboxylic acids is 1. The van der Waals surface area contributed by atoms with Gasteiger partial charge in [-0.25, -0.2) is 10.8 Å². The van der Waals surface area contributed by atoms with Gasteiger partial charge in [0.25, 0.3) is 5.91 Å². The lowest BCUT2D eigenvalue weighted by molar-refractivity contribution is -0.131. The number of aryl methyl sites for hydroxylation is 2. The third-order valence-corrected chi connectivity index (χ3v) is 3.10. The van der Waals surface area contributed by atoms with Crippen LogP contribution in [0.5, 0.6) is 0 Å². The third kappa shape index (κ3) is 1.96. The molecule has 2 aromatic rings. The number of benzene rings is 1. The summed E-state index contributed by atoms with van der Waals surface area (Å²) in [5.74, 6) is 5.98. The fraction of sp³-hybridized carbons (Fsp3) is 0.333. The summed E-state index contributed by atoms with van der Waals surface area (Å²) in [6.45, 7) is 1.93. The molecule has 0 radical (unpaired) electrons. The fourth-order valence-corrected chi connectivity index (χ4v) is 1.89. The van der Waals surface area contributed by atoms with Crippen molar-refractivity contribution < 1.29 is 4.79 Å². The van der Waals surface area contributed by atoms with Gasteiger partial charge < -0.3 is 10.3 Å². The van der Waals surface area contributed by atoms with Crippen molar-refractivity contribution in [2.24, 2.45) is 18.6 Å². The number of fused-ring (bicyclic) bond motifs is 1. The second-order valence-corrected chi connectivity index (χ2v) is 4.39. The second kappa shape index (κ2) is 4.40. The van der Waals surface area contributed by atoms with Crippen LogP contribution in [0.4, 0.5) is 0 Å². The fourth-order valence-electron chi connectivity index (χ4n) is 1.89. The highest BCUT2D eigenvalue weighted by Gasteiger charge is 2.19. The van der Waals surface area contributed by atoms with Crippen molar-refractivity contribution in [1.29, 1.82) is 0 Å². The van der Waals surface area contributed by atoms with E-state index < -0.39 is 6.04 Å². The number of carbonyl (C=O) groups is 1. The predicted molar refractivity (Wildman–Crippen MR) is 69.3 cm³/mol. The zero-order valence-electron chi connectivity index (χ0n) is 10.7. The van der Waals surface area contributed by atoms with Gasteiger partial charge in [0.2, 0.25) is 0 Å². The van der Waals surface area contributed by atoms with E-state index in [1.165, 1.54) is 7.05 Å². The molecule has 0 aliphatic heterocycles. The number of hydrazine groups is 1. The molecule has 1 heterocycles. The molecule has 1 unspecified atom stereocenters. The summed E-state index contributed by atoms with van der Waals surface area (Å²) in [7, 11) is 3.43.